The Kier molecular flexibility index (Phi) is 25.4. The molecule has 35 heteroatoms. The van der Waals surface area contributed by atoms with Gasteiger partial charge in [0, 0.05) is 63.9 Å². The third kappa shape index (κ3) is 19.1. The van der Waals surface area contributed by atoms with Crippen LogP contribution in [0.3, 0.4) is 0 Å². The maximum absolute atomic E-state index is 13.2. The van der Waals surface area contributed by atoms with Gasteiger partial charge in [0.15, 0.2) is 0 Å². The highest BCUT2D eigenvalue weighted by atomic mass is 35.5. The molecule has 0 bridgehead atoms. The van der Waals surface area contributed by atoms with Crippen molar-refractivity contribution in [2.24, 2.45) is 5.73 Å². The number of esters is 2. The third-order valence-corrected chi connectivity index (χ3v) is 17.0. The lowest BCUT2D eigenvalue weighted by atomic mass is 10.1. The summed E-state index contributed by atoms with van der Waals surface area (Å²) in [4.78, 5) is 89.2. The molecule has 0 aliphatic carbocycles. The largest absolute Gasteiger partial charge is 0.478 e. The molecule has 9 heterocycles. The van der Waals surface area contributed by atoms with Crippen LogP contribution in [0, 0.1) is 20.8 Å². The van der Waals surface area contributed by atoms with Crippen LogP contribution in [0.1, 0.15) is 169 Å². The van der Waals surface area contributed by atoms with E-state index in [4.69, 9.17) is 10.8 Å². The Morgan fingerprint density at radius 2 is 0.774 bits per heavy atom. The number of fused-ring (bicyclic) bond motifs is 3. The number of nitrogens with two attached hydrogens (primary N) is 1. The summed E-state index contributed by atoms with van der Waals surface area (Å²) in [5.41, 5.74) is 9.70. The monoisotopic (exact) mass is 1500 g/mol. The van der Waals surface area contributed by atoms with Crippen LogP contribution in [0.25, 0.3) is 0 Å². The van der Waals surface area contributed by atoms with Crippen molar-refractivity contribution in [3.63, 3.8) is 0 Å². The van der Waals surface area contributed by atoms with Gasteiger partial charge in [0.25, 0.3) is 11.8 Å². The Bertz CT molecular complexity index is 4660. The van der Waals surface area contributed by atoms with Gasteiger partial charge in [-0.25, -0.2) is 33.2 Å². The van der Waals surface area contributed by atoms with Crippen LogP contribution in [0.2, 0.25) is 0 Å². The van der Waals surface area contributed by atoms with Gasteiger partial charge in [-0.05, 0) is 131 Å². The average Bonchev–Trinajstić information content (AvgIpc) is 1.63. The number of anilines is 3. The second-order valence-electron chi connectivity index (χ2n) is 24.6. The smallest absolute Gasteiger partial charge is 0.416 e. The number of aryl methyl sites for hydroxylation is 3. The molecule has 0 fully saturated rings. The second-order valence-corrected chi connectivity index (χ2v) is 24.6. The molecule has 0 saturated carbocycles. The number of hydrogen-bond donors (Lipinski definition) is 5. The fraction of sp³-hybridized carbons (Fsp3) is 0.324. The summed E-state index contributed by atoms with van der Waals surface area (Å²) in [7, 11) is 2.61. The summed E-state index contributed by atoms with van der Waals surface area (Å²) in [6.07, 6.45) is -9.19. The highest BCUT2D eigenvalue weighted by Gasteiger charge is 2.37. The molecule has 3 aliphatic rings. The number of rotatable bonds is 17. The lowest BCUT2D eigenvalue weighted by Gasteiger charge is -2.20. The molecule has 0 unspecified atom stereocenters. The molecule has 0 saturated heterocycles. The van der Waals surface area contributed by atoms with E-state index in [-0.39, 0.29) is 61.1 Å². The highest BCUT2D eigenvalue weighted by Crippen LogP contribution is 2.37. The number of carbonyl (C=O) groups excluding carboxylic acids is 4. The van der Waals surface area contributed by atoms with E-state index in [0.29, 0.717) is 124 Å². The van der Waals surface area contributed by atoms with Crippen LogP contribution in [-0.4, -0.2) is 124 Å². The molecule has 0 spiro atoms. The SMILES string of the molecule is COC(=O)c1ccc([C@H](C)N)nc1.COC(=O)c1ccc([C@H](C)NC(=O)c2c(C)nn3c2N(Cc2cccc(C(F)(F)F)c2)CC3)nc1.Cc1nn2c(c1C(=O)N[C@@H](C)c1ccc(C(=O)O)cn1)N(Cc1cccc(C(F)(F)F)c1)CC2.Cc1nn2c(c1C(=O)O)N(Cc1cccc(C(F)(F)F)c1)CC2.Cl. The van der Waals surface area contributed by atoms with E-state index in [1.807, 2.05) is 16.7 Å². The van der Waals surface area contributed by atoms with Gasteiger partial charge in [0.2, 0.25) is 0 Å². The van der Waals surface area contributed by atoms with E-state index < -0.39 is 71.1 Å². The first-order valence-electron chi connectivity index (χ1n) is 32.4. The molecule has 0 radical (unpaired) electrons. The molecule has 106 heavy (non-hydrogen) atoms. The molecule has 6 aromatic heterocycles. The van der Waals surface area contributed by atoms with Crippen LogP contribution < -0.4 is 31.1 Å². The zero-order chi connectivity index (χ0) is 76.6. The number of benzene rings is 3. The van der Waals surface area contributed by atoms with Gasteiger partial charge in [-0.2, -0.15) is 54.8 Å². The summed E-state index contributed by atoms with van der Waals surface area (Å²) < 4.78 is 131. The van der Waals surface area contributed by atoms with Gasteiger partial charge in [0.05, 0.1) is 113 Å². The fourth-order valence-electron chi connectivity index (χ4n) is 11.8. The number of aromatic carboxylic acids is 2. The number of aromatic nitrogens is 9. The normalized spacial score (nSPS) is 13.7. The van der Waals surface area contributed by atoms with Crippen LogP contribution in [0.4, 0.5) is 57.0 Å². The second kappa shape index (κ2) is 33.6. The molecule has 3 atom stereocenters. The Labute approximate surface area is 606 Å². The number of pyridine rings is 3. The quantitative estimate of drug-likeness (QED) is 0.0418. The molecule has 9 aromatic rings. The molecule has 6 N–H and O–H groups in total. The number of methoxy groups -OCH3 is 2. The first-order chi connectivity index (χ1) is 49.5. The molecule has 2 amide bonds. The summed E-state index contributed by atoms with van der Waals surface area (Å²) in [5.74, 6) is -2.27. The van der Waals surface area contributed by atoms with Crippen molar-refractivity contribution >= 4 is 65.6 Å². The number of carbonyl (C=O) groups is 6. The van der Waals surface area contributed by atoms with Crippen molar-refractivity contribution in [2.75, 3.05) is 48.6 Å². The third-order valence-electron chi connectivity index (χ3n) is 17.0. The van der Waals surface area contributed by atoms with E-state index in [0.717, 1.165) is 42.1 Å². The fourth-order valence-corrected chi connectivity index (χ4v) is 11.8. The van der Waals surface area contributed by atoms with Crippen molar-refractivity contribution in [3.05, 3.63) is 229 Å². The number of ether oxygens (including phenoxy) is 2. The van der Waals surface area contributed by atoms with Gasteiger partial charge in [0.1, 0.15) is 34.1 Å². The summed E-state index contributed by atoms with van der Waals surface area (Å²) in [5, 5.41) is 37.1. The van der Waals surface area contributed by atoms with Crippen molar-refractivity contribution in [2.45, 2.75) is 117 Å². The van der Waals surface area contributed by atoms with Crippen molar-refractivity contribution < 1.29 is 88.0 Å². The molecular weight excluding hydrogens is 1430 g/mol. The predicted molar refractivity (Wildman–Crippen MR) is 369 cm³/mol. The summed E-state index contributed by atoms with van der Waals surface area (Å²) in [6, 6.07) is 23.8. The van der Waals surface area contributed by atoms with E-state index in [1.54, 1.807) is 96.0 Å². The molecule has 3 aromatic carbocycles. The number of halogens is 10. The lowest BCUT2D eigenvalue weighted by Crippen LogP contribution is -2.30. The number of amides is 2. The number of carboxylic acid groups (broad SMARTS) is 2. The van der Waals surface area contributed by atoms with Crippen LogP contribution >= 0.6 is 12.4 Å². The van der Waals surface area contributed by atoms with Crippen molar-refractivity contribution in [1.29, 1.82) is 0 Å². The lowest BCUT2D eigenvalue weighted by molar-refractivity contribution is -0.138. The summed E-state index contributed by atoms with van der Waals surface area (Å²) in [6.45, 7) is 14.0. The van der Waals surface area contributed by atoms with Crippen LogP contribution in [0.5, 0.6) is 0 Å². The summed E-state index contributed by atoms with van der Waals surface area (Å²) >= 11 is 0. The van der Waals surface area contributed by atoms with E-state index in [9.17, 15) is 73.4 Å². The Morgan fingerprint density at radius 3 is 1.06 bits per heavy atom. The minimum Gasteiger partial charge on any atom is -0.478 e. The van der Waals surface area contributed by atoms with E-state index in [1.165, 1.54) is 63.1 Å². The predicted octanol–water partition coefficient (Wildman–Crippen LogP) is 12.0. The molecule has 12 rings (SSSR count). The minimum atomic E-state index is -4.43. The number of nitrogens with zero attached hydrogens (tertiary/aromatic N) is 12. The number of nitrogens with one attached hydrogen (secondary N) is 2. The molecule has 562 valence electrons. The van der Waals surface area contributed by atoms with Crippen LogP contribution in [-0.2, 0) is 67.3 Å². The van der Waals surface area contributed by atoms with Crippen molar-refractivity contribution in [3.8, 4) is 0 Å². The van der Waals surface area contributed by atoms with Gasteiger partial charge in [-0.15, -0.1) is 12.4 Å². The van der Waals surface area contributed by atoms with E-state index in [2.05, 4.69) is 50.4 Å². The first-order valence-corrected chi connectivity index (χ1v) is 32.4. The molecule has 25 nitrogen and oxygen atoms in total. The van der Waals surface area contributed by atoms with Crippen molar-refractivity contribution in [1.82, 2.24) is 54.9 Å². The van der Waals surface area contributed by atoms with Gasteiger partial charge in [-0.1, -0.05) is 36.4 Å². The Hall–Kier alpha value is -11.4. The number of hydrogen-bond acceptors (Lipinski definition) is 18. The zero-order valence-corrected chi connectivity index (χ0v) is 59.0. The maximum Gasteiger partial charge on any atom is 0.416 e. The minimum absolute atomic E-state index is 0. The Balaban J connectivity index is 0.000000187. The molecule has 3 aliphatic heterocycles. The highest BCUT2D eigenvalue weighted by molar-refractivity contribution is 6.02. The number of carboxylic acids is 2. The Morgan fingerprint density at radius 1 is 0.462 bits per heavy atom. The van der Waals surface area contributed by atoms with E-state index >= 15 is 0 Å². The topological polar surface area (TPSA) is 313 Å². The average molecular weight is 1500 g/mol. The van der Waals surface area contributed by atoms with Crippen LogP contribution in [0.15, 0.2) is 128 Å². The van der Waals surface area contributed by atoms with Gasteiger partial charge in [-0.3, -0.25) is 24.5 Å². The maximum atomic E-state index is 13.2. The van der Waals surface area contributed by atoms with Gasteiger partial charge < -0.3 is 50.8 Å². The zero-order valence-electron chi connectivity index (χ0n) is 58.1. The number of alkyl halides is 9. The molecular formula is C71H73ClF9N15O10. The first kappa shape index (κ1) is 80.3. The standard InChI is InChI=1S/C24H24F3N5O3.C23H22F3N5O3.C15H14F3N3O2.C9H12N2O2.ClH/c1-14(19-8-7-17(12-28-19)23(34)35-3)29-21(33)20-15(2)30-32-10-9-31(22(20)32)13-16-5-4-6-18(11-16)24(25,26)27;1-13(18-7-6-16(11-27-18)22(33)34)28-20(32)19-14(2)29-31-9-8-30(21(19)31)12-15-4-3-5-17(10-15)23(24,25)26;1-9-12(14(22)23)13-20(5-6-21(13)19-9)8-10-3-2-4-11(7-10)15(16,17)18;1-6(10)8-4-3-7(5-11-8)9(12)13-2;/h4-8,11-12,14H,9-10,13H2,1-3H3,(H,29,33);3-7,10-11,13H,8-9,12H2,1-2H3,(H,28,32)(H,33,34);2-4,7H,5-6,8H2,1H3,(H,22,23);3-6H,10H2,1-2H3;1H/t14-;13-;;6-;/m00.0./s1. The van der Waals surface area contributed by atoms with Gasteiger partial charge >= 0.3 is 42.4 Å².